The lowest BCUT2D eigenvalue weighted by Gasteiger charge is -2.10. The van der Waals surface area contributed by atoms with Crippen molar-refractivity contribution in [3.63, 3.8) is 0 Å². The van der Waals surface area contributed by atoms with Gasteiger partial charge in [0.25, 0.3) is 5.56 Å². The Morgan fingerprint density at radius 1 is 1.17 bits per heavy atom. The Labute approximate surface area is 170 Å². The first kappa shape index (κ1) is 20.7. The maximum absolute atomic E-state index is 13.8. The van der Waals surface area contributed by atoms with Gasteiger partial charge in [-0.25, -0.2) is 17.5 Å². The van der Waals surface area contributed by atoms with Crippen molar-refractivity contribution in [2.24, 2.45) is 0 Å². The summed E-state index contributed by atoms with van der Waals surface area (Å²) in [7, 11) is -3.98. The fraction of sp³-hybridized carbons (Fsp3) is 0.105. The van der Waals surface area contributed by atoms with Crippen LogP contribution in [0.25, 0.3) is 0 Å². The van der Waals surface area contributed by atoms with E-state index >= 15 is 0 Å². The number of aromatic nitrogens is 2. The Morgan fingerprint density at radius 2 is 1.93 bits per heavy atom. The zero-order valence-electron chi connectivity index (χ0n) is 15.1. The molecule has 29 heavy (non-hydrogen) atoms. The molecule has 0 unspecified atom stereocenters. The van der Waals surface area contributed by atoms with E-state index in [1.54, 1.807) is 19.1 Å². The molecule has 1 amide bonds. The number of hydrogen-bond donors (Lipinski definition) is 1. The van der Waals surface area contributed by atoms with Crippen LogP contribution in [0, 0.1) is 12.7 Å². The van der Waals surface area contributed by atoms with Crippen molar-refractivity contribution in [3.8, 4) is 0 Å². The molecule has 10 heteroatoms. The van der Waals surface area contributed by atoms with E-state index in [2.05, 4.69) is 10.4 Å². The number of nitrogens with one attached hydrogen (secondary N) is 1. The summed E-state index contributed by atoms with van der Waals surface area (Å²) < 4.78 is 40.0. The molecule has 0 radical (unpaired) electrons. The van der Waals surface area contributed by atoms with Crippen LogP contribution in [0.4, 0.5) is 10.1 Å². The Kier molecular flexibility index (Phi) is 5.81. The number of benzene rings is 2. The molecule has 0 aliphatic carbocycles. The highest BCUT2D eigenvalue weighted by molar-refractivity contribution is 7.91. The maximum atomic E-state index is 13.8. The summed E-state index contributed by atoms with van der Waals surface area (Å²) in [5, 5.41) is 5.88. The SMILES string of the molecule is Cc1cccc(S(=O)(=O)c2ccc(=O)n(CC(=O)Nc3ccc(Cl)cc3F)n2)c1. The number of rotatable bonds is 5. The highest BCUT2D eigenvalue weighted by Crippen LogP contribution is 2.20. The topological polar surface area (TPSA) is 98.1 Å². The molecule has 2 aromatic carbocycles. The van der Waals surface area contributed by atoms with Crippen molar-refractivity contribution in [3.05, 3.63) is 81.4 Å². The predicted octanol–water partition coefficient (Wildman–Crippen LogP) is 2.82. The molecule has 0 spiro atoms. The summed E-state index contributed by atoms with van der Waals surface area (Å²) in [6.07, 6.45) is 0. The smallest absolute Gasteiger partial charge is 0.267 e. The Bertz CT molecular complexity index is 1260. The van der Waals surface area contributed by atoms with Gasteiger partial charge in [-0.3, -0.25) is 9.59 Å². The van der Waals surface area contributed by atoms with Gasteiger partial charge in [-0.2, -0.15) is 5.10 Å². The van der Waals surface area contributed by atoms with E-state index in [1.807, 2.05) is 0 Å². The summed E-state index contributed by atoms with van der Waals surface area (Å²) in [6.45, 7) is 1.14. The van der Waals surface area contributed by atoms with Gasteiger partial charge in [0, 0.05) is 11.1 Å². The lowest BCUT2D eigenvalue weighted by atomic mass is 10.2. The van der Waals surface area contributed by atoms with Crippen LogP contribution in [0.2, 0.25) is 5.02 Å². The number of anilines is 1. The summed E-state index contributed by atoms with van der Waals surface area (Å²) in [4.78, 5) is 24.2. The quantitative estimate of drug-likeness (QED) is 0.664. The molecule has 0 aliphatic rings. The highest BCUT2D eigenvalue weighted by atomic mass is 35.5. The maximum Gasteiger partial charge on any atom is 0.267 e. The first-order valence-electron chi connectivity index (χ1n) is 8.31. The van der Waals surface area contributed by atoms with Gasteiger partial charge in [0.15, 0.2) is 5.03 Å². The minimum atomic E-state index is -3.98. The van der Waals surface area contributed by atoms with Crippen molar-refractivity contribution in [2.75, 3.05) is 5.32 Å². The van der Waals surface area contributed by atoms with Crippen LogP contribution >= 0.6 is 11.6 Å². The number of sulfone groups is 1. The number of amides is 1. The Hall–Kier alpha value is -3.04. The van der Waals surface area contributed by atoms with Gasteiger partial charge >= 0.3 is 0 Å². The molecule has 1 N–H and O–H groups in total. The van der Waals surface area contributed by atoms with Crippen LogP contribution < -0.4 is 10.9 Å². The second-order valence-corrected chi connectivity index (χ2v) is 8.49. The minimum Gasteiger partial charge on any atom is -0.322 e. The van der Waals surface area contributed by atoms with Gasteiger partial charge in [0.05, 0.1) is 10.6 Å². The normalized spacial score (nSPS) is 11.3. The summed E-state index contributed by atoms with van der Waals surface area (Å²) in [5.41, 5.74) is -0.0697. The first-order chi connectivity index (χ1) is 13.7. The van der Waals surface area contributed by atoms with Crippen molar-refractivity contribution < 1.29 is 17.6 Å². The van der Waals surface area contributed by atoms with E-state index in [1.165, 1.54) is 24.3 Å². The van der Waals surface area contributed by atoms with E-state index in [-0.39, 0.29) is 20.6 Å². The van der Waals surface area contributed by atoms with Gasteiger partial charge < -0.3 is 5.32 Å². The first-order valence-corrected chi connectivity index (χ1v) is 10.2. The molecule has 0 fully saturated rings. The number of aryl methyl sites for hydroxylation is 1. The molecular formula is C19H15ClFN3O4S. The third-order valence-electron chi connectivity index (χ3n) is 3.92. The van der Waals surface area contributed by atoms with E-state index in [4.69, 9.17) is 11.6 Å². The second-order valence-electron chi connectivity index (χ2n) is 6.16. The van der Waals surface area contributed by atoms with E-state index in [0.717, 1.165) is 23.8 Å². The summed E-state index contributed by atoms with van der Waals surface area (Å²) in [5.74, 6) is -1.51. The average Bonchev–Trinajstić information content (AvgIpc) is 2.65. The third kappa shape index (κ3) is 4.69. The van der Waals surface area contributed by atoms with Crippen molar-refractivity contribution in [2.45, 2.75) is 23.4 Å². The zero-order chi connectivity index (χ0) is 21.2. The van der Waals surface area contributed by atoms with Crippen LogP contribution in [0.1, 0.15) is 5.56 Å². The van der Waals surface area contributed by atoms with Gasteiger partial charge in [-0.15, -0.1) is 0 Å². The monoisotopic (exact) mass is 435 g/mol. The summed E-state index contributed by atoms with van der Waals surface area (Å²) >= 11 is 5.66. The molecule has 150 valence electrons. The van der Waals surface area contributed by atoms with E-state index < -0.39 is 33.7 Å². The fourth-order valence-electron chi connectivity index (χ4n) is 2.51. The number of carbonyl (C=O) groups is 1. The second kappa shape index (κ2) is 8.14. The van der Waals surface area contributed by atoms with Crippen LogP contribution in [-0.2, 0) is 21.2 Å². The molecule has 3 aromatic rings. The molecule has 0 saturated heterocycles. The van der Waals surface area contributed by atoms with Crippen LogP contribution in [0.5, 0.6) is 0 Å². The van der Waals surface area contributed by atoms with Gasteiger partial charge in [0.2, 0.25) is 15.7 Å². The molecule has 0 bridgehead atoms. The van der Waals surface area contributed by atoms with Crippen LogP contribution in [-0.4, -0.2) is 24.1 Å². The molecule has 0 aliphatic heterocycles. The molecule has 0 atom stereocenters. The van der Waals surface area contributed by atoms with Crippen molar-refractivity contribution >= 4 is 33.0 Å². The van der Waals surface area contributed by atoms with Crippen LogP contribution in [0.3, 0.4) is 0 Å². The molecule has 1 aromatic heterocycles. The third-order valence-corrected chi connectivity index (χ3v) is 5.79. The minimum absolute atomic E-state index is 0.0166. The van der Waals surface area contributed by atoms with E-state index in [0.29, 0.717) is 4.68 Å². The largest absolute Gasteiger partial charge is 0.322 e. The van der Waals surface area contributed by atoms with Crippen LogP contribution in [0.15, 0.2) is 69.3 Å². The highest BCUT2D eigenvalue weighted by Gasteiger charge is 2.21. The van der Waals surface area contributed by atoms with Gasteiger partial charge in [-0.1, -0.05) is 23.7 Å². The fourth-order valence-corrected chi connectivity index (χ4v) is 3.96. The number of hydrogen-bond acceptors (Lipinski definition) is 5. The van der Waals surface area contributed by atoms with E-state index in [9.17, 15) is 22.4 Å². The number of halogens is 2. The molecular weight excluding hydrogens is 421 g/mol. The number of nitrogens with zero attached hydrogens (tertiary/aromatic N) is 2. The predicted molar refractivity (Wildman–Crippen MR) is 105 cm³/mol. The molecule has 0 saturated carbocycles. The van der Waals surface area contributed by atoms with Gasteiger partial charge in [-0.05, 0) is 48.9 Å². The number of carbonyl (C=O) groups excluding carboxylic acids is 1. The Balaban J connectivity index is 1.87. The summed E-state index contributed by atoms with van der Waals surface area (Å²) in [6, 6.07) is 12.0. The van der Waals surface area contributed by atoms with Gasteiger partial charge in [0.1, 0.15) is 12.4 Å². The lowest BCUT2D eigenvalue weighted by molar-refractivity contribution is -0.117. The van der Waals surface area contributed by atoms with Crippen molar-refractivity contribution in [1.29, 1.82) is 0 Å². The standard InChI is InChI=1S/C19H15ClFN3O4S/c1-12-3-2-4-14(9-12)29(27,28)18-7-8-19(26)24(23-18)11-17(25)22-16-6-5-13(20)10-15(16)21/h2-10H,11H2,1H3,(H,22,25). The average molecular weight is 436 g/mol. The lowest BCUT2D eigenvalue weighted by Crippen LogP contribution is -2.30. The van der Waals surface area contributed by atoms with Crippen molar-refractivity contribution in [1.82, 2.24) is 9.78 Å². The Morgan fingerprint density at radius 3 is 2.62 bits per heavy atom. The molecule has 1 heterocycles. The molecule has 7 nitrogen and oxygen atoms in total. The zero-order valence-corrected chi connectivity index (χ0v) is 16.7. The molecule has 3 rings (SSSR count).